The molecule has 26 heavy (non-hydrogen) atoms. The van der Waals surface area contributed by atoms with Crippen molar-refractivity contribution in [1.29, 1.82) is 0 Å². The zero-order chi connectivity index (χ0) is 18.1. The molecule has 0 bridgehead atoms. The first-order chi connectivity index (χ1) is 12.6. The van der Waals surface area contributed by atoms with E-state index in [0.29, 0.717) is 5.02 Å². The largest absolute Gasteiger partial charge is 0.355 e. The summed E-state index contributed by atoms with van der Waals surface area (Å²) in [5.74, 6) is 1.04. The van der Waals surface area contributed by atoms with E-state index < -0.39 is 0 Å². The van der Waals surface area contributed by atoms with Gasteiger partial charge in [0.1, 0.15) is 11.5 Å². The Morgan fingerprint density at radius 3 is 2.92 bits per heavy atom. The van der Waals surface area contributed by atoms with E-state index in [4.69, 9.17) is 16.6 Å². The molecule has 6 nitrogen and oxygen atoms in total. The van der Waals surface area contributed by atoms with E-state index in [0.717, 1.165) is 60.7 Å². The minimum absolute atomic E-state index is 0.131. The lowest BCUT2D eigenvalue weighted by molar-refractivity contribution is -0.128. The number of pyridine rings is 2. The van der Waals surface area contributed by atoms with E-state index in [2.05, 4.69) is 14.9 Å². The molecule has 1 saturated heterocycles. The Kier molecular flexibility index (Phi) is 4.51. The summed E-state index contributed by atoms with van der Waals surface area (Å²) in [4.78, 5) is 28.1. The Balaban J connectivity index is 1.68. The van der Waals surface area contributed by atoms with Crippen molar-refractivity contribution >= 4 is 34.4 Å². The number of hydrogen-bond donors (Lipinski definition) is 1. The molecule has 0 unspecified atom stereocenters. The van der Waals surface area contributed by atoms with Crippen LogP contribution in [0.1, 0.15) is 13.3 Å². The highest BCUT2D eigenvalue weighted by atomic mass is 35.5. The van der Waals surface area contributed by atoms with Crippen molar-refractivity contribution in [2.75, 3.05) is 31.1 Å². The first-order valence-corrected chi connectivity index (χ1v) is 9.11. The number of fused-ring (bicyclic) bond motifs is 1. The lowest BCUT2D eigenvalue weighted by Gasteiger charge is -2.22. The molecular formula is C19H20ClN5O. The van der Waals surface area contributed by atoms with Crippen molar-refractivity contribution in [2.24, 2.45) is 0 Å². The Hall–Kier alpha value is -2.60. The summed E-state index contributed by atoms with van der Waals surface area (Å²) >= 11 is 6.44. The molecule has 3 aromatic heterocycles. The van der Waals surface area contributed by atoms with Gasteiger partial charge in [0.25, 0.3) is 0 Å². The van der Waals surface area contributed by atoms with Crippen LogP contribution in [0.25, 0.3) is 22.3 Å². The quantitative estimate of drug-likeness (QED) is 0.752. The van der Waals surface area contributed by atoms with Crippen molar-refractivity contribution in [3.05, 3.63) is 41.7 Å². The minimum atomic E-state index is 0.131. The van der Waals surface area contributed by atoms with Gasteiger partial charge in [-0.15, -0.1) is 0 Å². The molecule has 0 aliphatic carbocycles. The van der Waals surface area contributed by atoms with Crippen LogP contribution in [0, 0.1) is 0 Å². The number of amides is 1. The maximum atomic E-state index is 11.6. The van der Waals surface area contributed by atoms with E-state index in [1.54, 1.807) is 13.1 Å². The molecule has 134 valence electrons. The number of rotatable bonds is 2. The predicted molar refractivity (Wildman–Crippen MR) is 103 cm³/mol. The van der Waals surface area contributed by atoms with E-state index in [9.17, 15) is 4.79 Å². The molecule has 1 fully saturated rings. The number of aromatic nitrogens is 3. The maximum absolute atomic E-state index is 11.6. The van der Waals surface area contributed by atoms with Gasteiger partial charge in [0.2, 0.25) is 5.91 Å². The molecule has 1 N–H and O–H groups in total. The van der Waals surface area contributed by atoms with Crippen molar-refractivity contribution in [3.8, 4) is 11.3 Å². The van der Waals surface area contributed by atoms with Crippen LogP contribution in [0.15, 0.2) is 36.7 Å². The highest BCUT2D eigenvalue weighted by Gasteiger charge is 2.19. The fraction of sp³-hybridized carbons (Fsp3) is 0.316. The molecule has 0 aromatic carbocycles. The molecular weight excluding hydrogens is 350 g/mol. The van der Waals surface area contributed by atoms with Gasteiger partial charge in [-0.2, -0.15) is 0 Å². The lowest BCUT2D eigenvalue weighted by Crippen LogP contribution is -2.33. The van der Waals surface area contributed by atoms with E-state index in [-0.39, 0.29) is 5.91 Å². The van der Waals surface area contributed by atoms with E-state index in [1.165, 1.54) is 0 Å². The Labute approximate surface area is 156 Å². The van der Waals surface area contributed by atoms with Crippen LogP contribution in [0.2, 0.25) is 5.02 Å². The monoisotopic (exact) mass is 369 g/mol. The summed E-state index contributed by atoms with van der Waals surface area (Å²) in [6.45, 7) is 4.80. The van der Waals surface area contributed by atoms with Crippen molar-refractivity contribution in [1.82, 2.24) is 19.9 Å². The molecule has 1 aliphatic rings. The van der Waals surface area contributed by atoms with Crippen molar-refractivity contribution < 1.29 is 4.79 Å². The highest BCUT2D eigenvalue weighted by Crippen LogP contribution is 2.33. The fourth-order valence-corrected chi connectivity index (χ4v) is 3.69. The highest BCUT2D eigenvalue weighted by molar-refractivity contribution is 6.34. The van der Waals surface area contributed by atoms with Crippen LogP contribution in [0.3, 0.4) is 0 Å². The second-order valence-corrected chi connectivity index (χ2v) is 6.86. The van der Waals surface area contributed by atoms with Gasteiger partial charge in [0.05, 0.1) is 10.7 Å². The molecule has 0 radical (unpaired) electrons. The number of nitrogens with zero attached hydrogens (tertiary/aromatic N) is 4. The van der Waals surface area contributed by atoms with Gasteiger partial charge in [0.15, 0.2) is 0 Å². The van der Waals surface area contributed by atoms with Crippen LogP contribution < -0.4 is 4.90 Å². The Morgan fingerprint density at radius 2 is 2.08 bits per heavy atom. The van der Waals surface area contributed by atoms with E-state index >= 15 is 0 Å². The smallest absolute Gasteiger partial charge is 0.219 e. The van der Waals surface area contributed by atoms with Gasteiger partial charge in [-0.25, -0.2) is 9.97 Å². The van der Waals surface area contributed by atoms with Crippen LogP contribution in [-0.4, -0.2) is 51.9 Å². The first kappa shape index (κ1) is 16.8. The minimum Gasteiger partial charge on any atom is -0.355 e. The summed E-state index contributed by atoms with van der Waals surface area (Å²) in [6.07, 6.45) is 4.44. The fourth-order valence-electron chi connectivity index (χ4n) is 3.44. The van der Waals surface area contributed by atoms with Gasteiger partial charge in [0, 0.05) is 56.4 Å². The number of aromatic amines is 1. The normalized spacial score (nSPS) is 15.3. The summed E-state index contributed by atoms with van der Waals surface area (Å²) in [5.41, 5.74) is 2.51. The SMILES string of the molecule is CC(=O)N1CCCN(c2cccc(-c3c(Cl)cnc4[nH]ccc34)n2)CC1. The van der Waals surface area contributed by atoms with Crippen molar-refractivity contribution in [2.45, 2.75) is 13.3 Å². The van der Waals surface area contributed by atoms with Gasteiger partial charge in [-0.3, -0.25) is 4.79 Å². The topological polar surface area (TPSA) is 65.1 Å². The van der Waals surface area contributed by atoms with Gasteiger partial charge < -0.3 is 14.8 Å². The lowest BCUT2D eigenvalue weighted by atomic mass is 10.1. The molecule has 7 heteroatoms. The van der Waals surface area contributed by atoms with E-state index in [1.807, 2.05) is 35.4 Å². The zero-order valence-electron chi connectivity index (χ0n) is 14.6. The van der Waals surface area contributed by atoms with Gasteiger partial charge in [-0.1, -0.05) is 17.7 Å². The Bertz CT molecular complexity index is 954. The third kappa shape index (κ3) is 3.12. The molecule has 1 amide bonds. The summed E-state index contributed by atoms with van der Waals surface area (Å²) in [5, 5.41) is 1.54. The molecule has 0 atom stereocenters. The Morgan fingerprint density at radius 1 is 1.19 bits per heavy atom. The first-order valence-electron chi connectivity index (χ1n) is 8.73. The van der Waals surface area contributed by atoms with Crippen LogP contribution in [0.5, 0.6) is 0 Å². The third-order valence-electron chi connectivity index (χ3n) is 4.80. The number of H-pyrrole nitrogens is 1. The average molecular weight is 370 g/mol. The van der Waals surface area contributed by atoms with Crippen LogP contribution in [0.4, 0.5) is 5.82 Å². The number of carbonyl (C=O) groups is 1. The summed E-state index contributed by atoms with van der Waals surface area (Å²) in [6, 6.07) is 7.95. The molecule has 3 aromatic rings. The molecule has 0 saturated carbocycles. The van der Waals surface area contributed by atoms with Crippen molar-refractivity contribution in [3.63, 3.8) is 0 Å². The number of nitrogens with one attached hydrogen (secondary N) is 1. The predicted octanol–water partition coefficient (Wildman–Crippen LogP) is 3.34. The standard InChI is InChI=1S/C19H20ClN5O/c1-13(26)24-8-3-9-25(11-10-24)17-5-2-4-16(23-17)18-14-6-7-21-19(14)22-12-15(18)20/h2,4-7,12H,3,8-11H2,1H3,(H,21,22). The third-order valence-corrected chi connectivity index (χ3v) is 5.08. The molecule has 4 rings (SSSR count). The summed E-state index contributed by atoms with van der Waals surface area (Å²) < 4.78 is 0. The molecule has 1 aliphatic heterocycles. The second kappa shape index (κ2) is 6.96. The van der Waals surface area contributed by atoms with Gasteiger partial charge in [-0.05, 0) is 24.6 Å². The molecule has 4 heterocycles. The number of carbonyl (C=O) groups excluding carboxylic acids is 1. The number of anilines is 1. The molecule has 0 spiro atoms. The summed E-state index contributed by atoms with van der Waals surface area (Å²) in [7, 11) is 0. The van der Waals surface area contributed by atoms with Gasteiger partial charge >= 0.3 is 0 Å². The van der Waals surface area contributed by atoms with Crippen LogP contribution >= 0.6 is 11.6 Å². The number of halogens is 1. The zero-order valence-corrected chi connectivity index (χ0v) is 15.3. The number of hydrogen-bond acceptors (Lipinski definition) is 4. The van der Waals surface area contributed by atoms with Crippen LogP contribution in [-0.2, 0) is 4.79 Å². The maximum Gasteiger partial charge on any atom is 0.219 e. The second-order valence-electron chi connectivity index (χ2n) is 6.45. The average Bonchev–Trinajstić information content (AvgIpc) is 2.96.